The van der Waals surface area contributed by atoms with Crippen LogP contribution >= 0.6 is 0 Å². The average molecular weight is 409 g/mol. The molecule has 0 aliphatic carbocycles. The Morgan fingerprint density at radius 2 is 1.66 bits per heavy atom. The summed E-state index contributed by atoms with van der Waals surface area (Å²) in [5, 5.41) is 1.79. The Morgan fingerprint density at radius 3 is 2.45 bits per heavy atom. The SMILES string of the molecule is Cc1ccc(S(=O)(=O)Nc2cccc3ccccc23)cc1C(=O)N1CCCCC1. The molecule has 0 spiro atoms. The van der Waals surface area contributed by atoms with Crippen LogP contribution in [0, 0.1) is 6.92 Å². The fraction of sp³-hybridized carbons (Fsp3) is 0.261. The molecule has 1 saturated heterocycles. The molecule has 0 radical (unpaired) electrons. The van der Waals surface area contributed by atoms with Crippen molar-refractivity contribution >= 4 is 32.4 Å². The van der Waals surface area contributed by atoms with Crippen LogP contribution in [0.2, 0.25) is 0 Å². The number of aryl methyl sites for hydroxylation is 1. The quantitative estimate of drug-likeness (QED) is 0.687. The molecule has 0 bridgehead atoms. The van der Waals surface area contributed by atoms with E-state index in [0.29, 0.717) is 11.3 Å². The number of sulfonamides is 1. The number of amides is 1. The van der Waals surface area contributed by atoms with Crippen LogP contribution in [0.1, 0.15) is 35.2 Å². The molecule has 0 unspecified atom stereocenters. The number of fused-ring (bicyclic) bond motifs is 1. The minimum atomic E-state index is -3.83. The first-order valence-corrected chi connectivity index (χ1v) is 11.3. The highest BCUT2D eigenvalue weighted by Crippen LogP contribution is 2.27. The minimum Gasteiger partial charge on any atom is -0.339 e. The predicted octanol–water partition coefficient (Wildman–Crippen LogP) is 4.58. The number of anilines is 1. The van der Waals surface area contributed by atoms with Crippen molar-refractivity contribution in [3.63, 3.8) is 0 Å². The van der Waals surface area contributed by atoms with Gasteiger partial charge in [-0.15, -0.1) is 0 Å². The first kappa shape index (κ1) is 19.5. The molecule has 1 N–H and O–H groups in total. The Hall–Kier alpha value is -2.86. The van der Waals surface area contributed by atoms with Crippen molar-refractivity contribution in [1.82, 2.24) is 4.90 Å². The maximum Gasteiger partial charge on any atom is 0.261 e. The highest BCUT2D eigenvalue weighted by molar-refractivity contribution is 7.92. The molecule has 1 aliphatic rings. The van der Waals surface area contributed by atoms with E-state index >= 15 is 0 Å². The van der Waals surface area contributed by atoms with Crippen LogP contribution in [0.25, 0.3) is 10.8 Å². The van der Waals surface area contributed by atoms with Gasteiger partial charge in [0, 0.05) is 24.0 Å². The number of rotatable bonds is 4. The van der Waals surface area contributed by atoms with Gasteiger partial charge in [-0.3, -0.25) is 9.52 Å². The van der Waals surface area contributed by atoms with Crippen LogP contribution in [-0.4, -0.2) is 32.3 Å². The molecule has 5 nitrogen and oxygen atoms in total. The summed E-state index contributed by atoms with van der Waals surface area (Å²) in [5.74, 6) is -0.0931. The number of nitrogens with zero attached hydrogens (tertiary/aromatic N) is 1. The summed E-state index contributed by atoms with van der Waals surface area (Å²) < 4.78 is 28.8. The normalized spacial score (nSPS) is 14.7. The van der Waals surface area contributed by atoms with E-state index in [1.165, 1.54) is 6.07 Å². The molecule has 1 amide bonds. The lowest BCUT2D eigenvalue weighted by molar-refractivity contribution is 0.0723. The van der Waals surface area contributed by atoms with Crippen LogP contribution in [0.4, 0.5) is 5.69 Å². The largest absolute Gasteiger partial charge is 0.339 e. The number of carbonyl (C=O) groups is 1. The molecule has 1 aliphatic heterocycles. The van der Waals surface area contributed by atoms with Gasteiger partial charge < -0.3 is 4.90 Å². The number of carbonyl (C=O) groups excluding carboxylic acids is 1. The molecule has 3 aromatic carbocycles. The second-order valence-electron chi connectivity index (χ2n) is 7.46. The zero-order valence-electron chi connectivity index (χ0n) is 16.4. The van der Waals surface area contributed by atoms with Crippen molar-refractivity contribution in [1.29, 1.82) is 0 Å². The number of hydrogen-bond acceptors (Lipinski definition) is 3. The van der Waals surface area contributed by atoms with E-state index in [1.54, 1.807) is 18.2 Å². The molecule has 0 atom stereocenters. The Kier molecular flexibility index (Phi) is 5.28. The van der Waals surface area contributed by atoms with Crippen molar-refractivity contribution < 1.29 is 13.2 Å². The van der Waals surface area contributed by atoms with Crippen molar-refractivity contribution in [2.75, 3.05) is 17.8 Å². The number of likely N-dealkylation sites (tertiary alicyclic amines) is 1. The van der Waals surface area contributed by atoms with E-state index in [-0.39, 0.29) is 10.8 Å². The van der Waals surface area contributed by atoms with Crippen LogP contribution in [0.5, 0.6) is 0 Å². The lowest BCUT2D eigenvalue weighted by atomic mass is 10.1. The smallest absolute Gasteiger partial charge is 0.261 e. The Balaban J connectivity index is 1.67. The summed E-state index contributed by atoms with van der Waals surface area (Å²) >= 11 is 0. The second kappa shape index (κ2) is 7.87. The molecule has 3 aromatic rings. The molecular formula is C23H24N2O3S. The summed E-state index contributed by atoms with van der Waals surface area (Å²) in [5.41, 5.74) is 1.75. The topological polar surface area (TPSA) is 66.5 Å². The van der Waals surface area contributed by atoms with Crippen LogP contribution in [0.3, 0.4) is 0 Å². The molecule has 1 fully saturated rings. The molecule has 29 heavy (non-hydrogen) atoms. The van der Waals surface area contributed by atoms with E-state index in [2.05, 4.69) is 4.72 Å². The molecule has 150 valence electrons. The molecule has 1 heterocycles. The van der Waals surface area contributed by atoms with E-state index < -0.39 is 10.0 Å². The highest BCUT2D eigenvalue weighted by atomic mass is 32.2. The summed E-state index contributed by atoms with van der Waals surface area (Å²) in [4.78, 5) is 14.9. The molecule has 4 rings (SSSR count). The van der Waals surface area contributed by atoms with Gasteiger partial charge in [-0.05, 0) is 55.3 Å². The lowest BCUT2D eigenvalue weighted by Gasteiger charge is -2.27. The summed E-state index contributed by atoms with van der Waals surface area (Å²) in [6.07, 6.45) is 3.11. The Morgan fingerprint density at radius 1 is 0.931 bits per heavy atom. The third-order valence-electron chi connectivity index (χ3n) is 5.43. The van der Waals surface area contributed by atoms with Gasteiger partial charge in [0.05, 0.1) is 10.6 Å². The standard InChI is InChI=1S/C23H24N2O3S/c1-17-12-13-19(16-21(17)23(26)25-14-5-2-6-15-25)29(27,28)24-22-11-7-9-18-8-3-4-10-20(18)22/h3-4,7-13,16,24H,2,5-6,14-15H2,1H3. The van der Waals surface area contributed by atoms with Gasteiger partial charge in [-0.2, -0.15) is 0 Å². The fourth-order valence-electron chi connectivity index (χ4n) is 3.78. The van der Waals surface area contributed by atoms with Crippen molar-refractivity contribution in [2.24, 2.45) is 0 Å². The summed E-state index contributed by atoms with van der Waals surface area (Å²) in [6.45, 7) is 3.29. The van der Waals surface area contributed by atoms with Crippen LogP contribution in [-0.2, 0) is 10.0 Å². The van der Waals surface area contributed by atoms with Crippen molar-refractivity contribution in [3.8, 4) is 0 Å². The van der Waals surface area contributed by atoms with E-state index in [9.17, 15) is 13.2 Å². The summed E-state index contributed by atoms with van der Waals surface area (Å²) in [6, 6.07) is 17.9. The number of nitrogens with one attached hydrogen (secondary N) is 1. The highest BCUT2D eigenvalue weighted by Gasteiger charge is 2.23. The zero-order valence-corrected chi connectivity index (χ0v) is 17.2. The molecular weight excluding hydrogens is 384 g/mol. The molecule has 0 aromatic heterocycles. The lowest BCUT2D eigenvalue weighted by Crippen LogP contribution is -2.36. The second-order valence-corrected chi connectivity index (χ2v) is 9.14. The fourth-order valence-corrected chi connectivity index (χ4v) is 4.89. The van der Waals surface area contributed by atoms with Gasteiger partial charge in [-0.25, -0.2) is 8.42 Å². The van der Waals surface area contributed by atoms with E-state index in [1.807, 2.05) is 48.2 Å². The van der Waals surface area contributed by atoms with Gasteiger partial charge in [0.25, 0.3) is 15.9 Å². The van der Waals surface area contributed by atoms with Gasteiger partial charge >= 0.3 is 0 Å². The van der Waals surface area contributed by atoms with Gasteiger partial charge in [0.1, 0.15) is 0 Å². The van der Waals surface area contributed by atoms with E-state index in [4.69, 9.17) is 0 Å². The monoisotopic (exact) mass is 408 g/mol. The van der Waals surface area contributed by atoms with Gasteiger partial charge in [0.15, 0.2) is 0 Å². The van der Waals surface area contributed by atoms with Gasteiger partial charge in [0.2, 0.25) is 0 Å². The number of benzene rings is 3. The Labute approximate surface area is 171 Å². The maximum absolute atomic E-state index is 13.1. The van der Waals surface area contributed by atoms with Gasteiger partial charge in [-0.1, -0.05) is 42.5 Å². The Bertz CT molecular complexity index is 1160. The van der Waals surface area contributed by atoms with Crippen LogP contribution < -0.4 is 4.72 Å². The summed E-state index contributed by atoms with van der Waals surface area (Å²) in [7, 11) is -3.83. The minimum absolute atomic E-state index is 0.0931. The molecule has 0 saturated carbocycles. The van der Waals surface area contributed by atoms with Crippen molar-refractivity contribution in [2.45, 2.75) is 31.1 Å². The first-order chi connectivity index (χ1) is 14.0. The average Bonchev–Trinajstić information content (AvgIpc) is 2.74. The van der Waals surface area contributed by atoms with Crippen molar-refractivity contribution in [3.05, 3.63) is 71.8 Å². The number of hydrogen-bond donors (Lipinski definition) is 1. The van der Waals surface area contributed by atoms with Crippen LogP contribution in [0.15, 0.2) is 65.6 Å². The molecule has 6 heteroatoms. The maximum atomic E-state index is 13.1. The first-order valence-electron chi connectivity index (χ1n) is 9.86. The van der Waals surface area contributed by atoms with E-state index in [0.717, 1.165) is 48.7 Å². The third-order valence-corrected chi connectivity index (χ3v) is 6.79. The predicted molar refractivity (Wildman–Crippen MR) is 116 cm³/mol. The number of piperidine rings is 1. The third kappa shape index (κ3) is 3.98. The zero-order chi connectivity index (χ0) is 20.4.